The zero-order valence-electron chi connectivity index (χ0n) is 29.3. The predicted molar refractivity (Wildman–Crippen MR) is 226 cm³/mol. The molecule has 0 radical (unpaired) electrons. The van der Waals surface area contributed by atoms with Crippen LogP contribution in [0.1, 0.15) is 11.1 Å². The predicted octanol–water partition coefficient (Wildman–Crippen LogP) is 12.9. The summed E-state index contributed by atoms with van der Waals surface area (Å²) in [6, 6.07) is 58.2. The van der Waals surface area contributed by atoms with Gasteiger partial charge in [0.1, 0.15) is 5.84 Å². The number of aliphatic imine (C=N–C) groups is 1. The van der Waals surface area contributed by atoms with Crippen LogP contribution in [0.5, 0.6) is 0 Å². The molecule has 54 heavy (non-hydrogen) atoms. The maximum atomic E-state index is 5.43. The van der Waals surface area contributed by atoms with Gasteiger partial charge in [0.2, 0.25) is 0 Å². The van der Waals surface area contributed by atoms with E-state index >= 15 is 0 Å². The second-order valence-electron chi connectivity index (χ2n) is 14.7. The van der Waals surface area contributed by atoms with Crippen LogP contribution in [0.15, 0.2) is 193 Å². The largest absolute Gasteiger partial charge is 0.359 e. The fraction of sp³-hybridized carbons (Fsp3) is 0.0192. The highest BCUT2D eigenvalue weighted by atomic mass is 15.1. The Balaban J connectivity index is 1.13. The Labute approximate surface area is 313 Å². The van der Waals surface area contributed by atoms with E-state index in [9.17, 15) is 0 Å². The average Bonchev–Trinajstić information content (AvgIpc) is 3.75. The van der Waals surface area contributed by atoms with Crippen LogP contribution in [0.25, 0.3) is 94.0 Å². The molecule has 1 aliphatic heterocycles. The topological polar surface area (TPSA) is 24.4 Å². The lowest BCUT2D eigenvalue weighted by molar-refractivity contribution is 0.830. The Bertz CT molecular complexity index is 2850. The van der Waals surface area contributed by atoms with Crippen LogP contribution in [0.4, 0.5) is 0 Å². The Morgan fingerprint density at radius 1 is 0.389 bits per heavy atom. The molecule has 1 N–H and O–H groups in total. The Kier molecular flexibility index (Phi) is 6.14. The molecule has 8 aromatic rings. The number of nitrogens with zero attached hydrogens (tertiary/aromatic N) is 1. The van der Waals surface area contributed by atoms with Crippen LogP contribution in [0.2, 0.25) is 0 Å². The van der Waals surface area contributed by atoms with Crippen molar-refractivity contribution in [2.45, 2.75) is 6.04 Å². The van der Waals surface area contributed by atoms with Crippen LogP contribution < -0.4 is 5.32 Å². The third-order valence-corrected chi connectivity index (χ3v) is 11.8. The van der Waals surface area contributed by atoms with E-state index in [1.165, 1.54) is 93.9 Å². The van der Waals surface area contributed by atoms with Crippen molar-refractivity contribution >= 4 is 33.1 Å². The lowest BCUT2D eigenvalue weighted by atomic mass is 9.87. The Morgan fingerprint density at radius 3 is 1.44 bits per heavy atom. The molecule has 12 rings (SSSR count). The second-order valence-corrected chi connectivity index (χ2v) is 14.7. The molecule has 250 valence electrons. The molecule has 8 aromatic carbocycles. The minimum absolute atomic E-state index is 0.0235. The number of benzene rings is 8. The number of rotatable bonds is 4. The normalized spacial score (nSPS) is 15.6. The molecule has 0 fully saturated rings. The van der Waals surface area contributed by atoms with Gasteiger partial charge in [-0.1, -0.05) is 164 Å². The SMILES string of the molecule is C1=CC2=C(c3cc(-c4ccc5c6c(cccc46)-c4ccccc4-5)cc(-c4ccc5c6c(cccc46)-c4ccccc4-5)c3)N=C(c3ccccc3)NC2C=C1. The smallest absolute Gasteiger partial charge is 0.134 e. The van der Waals surface area contributed by atoms with Gasteiger partial charge in [-0.25, -0.2) is 4.99 Å². The molecule has 0 amide bonds. The van der Waals surface area contributed by atoms with Crippen LogP contribution >= 0.6 is 0 Å². The van der Waals surface area contributed by atoms with Crippen molar-refractivity contribution < 1.29 is 0 Å². The maximum absolute atomic E-state index is 5.43. The molecule has 4 aliphatic rings. The molecule has 1 heterocycles. The van der Waals surface area contributed by atoms with E-state index in [1.54, 1.807) is 0 Å². The summed E-state index contributed by atoms with van der Waals surface area (Å²) in [4.78, 5) is 5.43. The van der Waals surface area contributed by atoms with Gasteiger partial charge in [0.25, 0.3) is 0 Å². The first-order valence-electron chi connectivity index (χ1n) is 18.8. The van der Waals surface area contributed by atoms with Gasteiger partial charge in [-0.2, -0.15) is 0 Å². The molecule has 1 atom stereocenters. The minimum Gasteiger partial charge on any atom is -0.359 e. The summed E-state index contributed by atoms with van der Waals surface area (Å²) in [5.41, 5.74) is 19.7. The second kappa shape index (κ2) is 11.2. The number of hydrogen-bond acceptors (Lipinski definition) is 2. The molecule has 0 spiro atoms. The molecule has 1 unspecified atom stereocenters. The van der Waals surface area contributed by atoms with Crippen LogP contribution in [0.3, 0.4) is 0 Å². The van der Waals surface area contributed by atoms with Crippen molar-refractivity contribution in [3.8, 4) is 66.8 Å². The van der Waals surface area contributed by atoms with Crippen molar-refractivity contribution in [3.05, 3.63) is 199 Å². The monoisotopic (exact) mass is 684 g/mol. The van der Waals surface area contributed by atoms with Gasteiger partial charge in [-0.15, -0.1) is 0 Å². The van der Waals surface area contributed by atoms with Crippen LogP contribution in [0, 0.1) is 0 Å². The summed E-state index contributed by atoms with van der Waals surface area (Å²) >= 11 is 0. The van der Waals surface area contributed by atoms with Gasteiger partial charge < -0.3 is 5.32 Å². The van der Waals surface area contributed by atoms with E-state index in [-0.39, 0.29) is 6.04 Å². The van der Waals surface area contributed by atoms with Crippen molar-refractivity contribution in [1.82, 2.24) is 5.32 Å². The summed E-state index contributed by atoms with van der Waals surface area (Å²) in [5, 5.41) is 8.94. The molecule has 0 aromatic heterocycles. The summed E-state index contributed by atoms with van der Waals surface area (Å²) < 4.78 is 0. The highest BCUT2D eigenvalue weighted by Crippen LogP contribution is 2.52. The van der Waals surface area contributed by atoms with Gasteiger partial charge in [0.15, 0.2) is 0 Å². The van der Waals surface area contributed by atoms with Gasteiger partial charge in [-0.05, 0) is 107 Å². The van der Waals surface area contributed by atoms with E-state index in [0.29, 0.717) is 0 Å². The van der Waals surface area contributed by atoms with E-state index in [4.69, 9.17) is 4.99 Å². The fourth-order valence-corrected chi connectivity index (χ4v) is 9.42. The lowest BCUT2D eigenvalue weighted by Crippen LogP contribution is -2.39. The number of hydrogen-bond donors (Lipinski definition) is 1. The number of fused-ring (bicyclic) bond motifs is 7. The average molecular weight is 685 g/mol. The highest BCUT2D eigenvalue weighted by Gasteiger charge is 2.28. The van der Waals surface area contributed by atoms with E-state index < -0.39 is 0 Å². The Morgan fingerprint density at radius 2 is 0.870 bits per heavy atom. The molecule has 2 nitrogen and oxygen atoms in total. The maximum Gasteiger partial charge on any atom is 0.134 e. The van der Waals surface area contributed by atoms with Crippen molar-refractivity contribution in [3.63, 3.8) is 0 Å². The fourth-order valence-electron chi connectivity index (χ4n) is 9.42. The molecule has 2 heteroatoms. The van der Waals surface area contributed by atoms with E-state index in [0.717, 1.165) is 22.7 Å². The van der Waals surface area contributed by atoms with Gasteiger partial charge in [-0.3, -0.25) is 0 Å². The standard InChI is InChI=1S/C52H32N2/c1-2-12-31(13-3-1)52-53-48-23-9-8-18-47(48)51(54-52)34-29-32(35-24-26-45-39-16-6-4-14-37(39)43-21-10-19-41(35)49(43)45)28-33(30-34)36-25-27-46-40-17-7-5-15-38(40)44-22-11-20-42(36)50(44)46/h1-30,48H,(H,53,54). The van der Waals surface area contributed by atoms with Gasteiger partial charge in [0.05, 0.1) is 11.7 Å². The van der Waals surface area contributed by atoms with Crippen molar-refractivity contribution in [2.75, 3.05) is 0 Å². The first-order valence-corrected chi connectivity index (χ1v) is 18.8. The van der Waals surface area contributed by atoms with Crippen molar-refractivity contribution in [1.29, 1.82) is 0 Å². The minimum atomic E-state index is 0.0235. The lowest BCUT2D eigenvalue weighted by Gasteiger charge is -2.28. The summed E-state index contributed by atoms with van der Waals surface area (Å²) in [5.74, 6) is 0.887. The van der Waals surface area contributed by atoms with E-state index in [2.05, 4.69) is 187 Å². The molecule has 0 saturated carbocycles. The molecule has 0 saturated heterocycles. The highest BCUT2D eigenvalue weighted by molar-refractivity contribution is 6.20. The van der Waals surface area contributed by atoms with Gasteiger partial charge in [0, 0.05) is 16.7 Å². The number of nitrogens with one attached hydrogen (secondary N) is 1. The third kappa shape index (κ3) is 4.19. The molecular weight excluding hydrogens is 653 g/mol. The van der Waals surface area contributed by atoms with E-state index in [1.807, 2.05) is 0 Å². The summed E-state index contributed by atoms with van der Waals surface area (Å²) in [6.07, 6.45) is 8.71. The first kappa shape index (κ1) is 29.5. The zero-order chi connectivity index (χ0) is 35.3. The molecule has 3 aliphatic carbocycles. The molecular formula is C52H32N2. The zero-order valence-corrected chi connectivity index (χ0v) is 29.3. The quantitative estimate of drug-likeness (QED) is 0.196. The van der Waals surface area contributed by atoms with Gasteiger partial charge >= 0.3 is 0 Å². The third-order valence-electron chi connectivity index (χ3n) is 11.8. The number of allylic oxidation sites excluding steroid dienone is 2. The summed E-state index contributed by atoms with van der Waals surface area (Å²) in [6.45, 7) is 0. The Hall–Kier alpha value is -7.03. The van der Waals surface area contributed by atoms with Crippen LogP contribution in [-0.2, 0) is 0 Å². The molecule has 0 bridgehead atoms. The summed E-state index contributed by atoms with van der Waals surface area (Å²) in [7, 11) is 0. The number of amidine groups is 1. The first-order chi connectivity index (χ1) is 26.8. The van der Waals surface area contributed by atoms with Crippen LogP contribution in [-0.4, -0.2) is 11.9 Å². The van der Waals surface area contributed by atoms with Crippen molar-refractivity contribution in [2.24, 2.45) is 4.99 Å².